The van der Waals surface area contributed by atoms with Crippen LogP contribution in [0, 0.1) is 20.2 Å². The number of alkyl halides is 4. The fourth-order valence-electron chi connectivity index (χ4n) is 0.596. The van der Waals surface area contributed by atoms with Crippen LogP contribution in [0.4, 0.5) is 17.6 Å². The molecule has 12 heteroatoms. The van der Waals surface area contributed by atoms with Crippen LogP contribution >= 0.6 is 0 Å². The summed E-state index contributed by atoms with van der Waals surface area (Å²) in [6.45, 7) is 0. The van der Waals surface area contributed by atoms with E-state index in [1.807, 2.05) is 0 Å². The molecule has 0 bridgehead atoms. The van der Waals surface area contributed by atoms with Crippen molar-refractivity contribution in [2.75, 3.05) is 0 Å². The van der Waals surface area contributed by atoms with Crippen molar-refractivity contribution in [1.82, 2.24) is 0 Å². The molecule has 2 atom stereocenters. The van der Waals surface area contributed by atoms with E-state index in [9.17, 15) is 37.8 Å². The summed E-state index contributed by atoms with van der Waals surface area (Å²) in [6, 6.07) is -10.7. The summed E-state index contributed by atoms with van der Waals surface area (Å²) in [4.78, 5) is 14.4. The first-order valence-electron chi connectivity index (χ1n) is 3.36. The monoisotopic (exact) mass is 252 g/mol. The highest BCUT2D eigenvalue weighted by molar-refractivity contribution is 4.80. The number of nitrogens with zero attached hydrogens (tertiary/aromatic N) is 2. The lowest BCUT2D eigenvalue weighted by Gasteiger charge is -2.20. The quantitative estimate of drug-likeness (QED) is 0.292. The molecule has 0 rings (SSSR count). The second-order valence-corrected chi connectivity index (χ2v) is 2.58. The largest absolute Gasteiger partial charge is 0.540 e. The molecule has 0 aliphatic rings. The van der Waals surface area contributed by atoms with Gasteiger partial charge in [-0.05, 0) is 0 Å². The zero-order chi connectivity index (χ0) is 13.3. The van der Waals surface area contributed by atoms with Crippen LogP contribution < -0.4 is 0 Å². The van der Waals surface area contributed by atoms with E-state index in [2.05, 4.69) is 0 Å². The lowest BCUT2D eigenvalue weighted by molar-refractivity contribution is -0.686. The first-order valence-corrected chi connectivity index (χ1v) is 3.36. The van der Waals surface area contributed by atoms with Crippen LogP contribution in [-0.2, 0) is 0 Å². The minimum absolute atomic E-state index is 2.45. The van der Waals surface area contributed by atoms with Crippen molar-refractivity contribution >= 4 is 0 Å². The van der Waals surface area contributed by atoms with Crippen molar-refractivity contribution in [3.63, 3.8) is 0 Å². The summed E-state index contributed by atoms with van der Waals surface area (Å²) in [5.41, 5.74) is 0. The summed E-state index contributed by atoms with van der Waals surface area (Å²) < 4.78 is 49.3. The van der Waals surface area contributed by atoms with Crippen molar-refractivity contribution in [2.45, 2.75) is 24.3 Å². The maximum absolute atomic E-state index is 12.3. The van der Waals surface area contributed by atoms with Crippen molar-refractivity contribution < 1.29 is 37.6 Å². The summed E-state index contributed by atoms with van der Waals surface area (Å²) in [7, 11) is 0. The van der Waals surface area contributed by atoms with Crippen LogP contribution in [0.1, 0.15) is 0 Å². The molecule has 0 heterocycles. The minimum atomic E-state index is -5.33. The van der Waals surface area contributed by atoms with Gasteiger partial charge in [0.15, 0.2) is 0 Å². The molecule has 0 aromatic heterocycles. The van der Waals surface area contributed by atoms with E-state index in [-0.39, 0.29) is 0 Å². The predicted molar refractivity (Wildman–Crippen MR) is 35.9 cm³/mol. The molecule has 0 aromatic carbocycles. The van der Waals surface area contributed by atoms with E-state index in [1.165, 1.54) is 0 Å². The number of hydrogen-bond donors (Lipinski definition) is 2. The van der Waals surface area contributed by atoms with E-state index in [1.54, 1.807) is 0 Å². The summed E-state index contributed by atoms with van der Waals surface area (Å²) >= 11 is 0. The van der Waals surface area contributed by atoms with Crippen molar-refractivity contribution in [1.29, 1.82) is 0 Å². The van der Waals surface area contributed by atoms with Gasteiger partial charge in [0.1, 0.15) is 0 Å². The first kappa shape index (κ1) is 14.4. The molecule has 0 radical (unpaired) electrons. The summed E-state index contributed by atoms with van der Waals surface area (Å²) in [6.07, 6.45) is -7.83. The highest BCUT2D eigenvalue weighted by atomic mass is 19.3. The van der Waals surface area contributed by atoms with Crippen molar-refractivity contribution in [3.05, 3.63) is 20.2 Å². The Kier molecular flexibility index (Phi) is 3.73. The second kappa shape index (κ2) is 4.13. The van der Waals surface area contributed by atoms with E-state index in [0.717, 1.165) is 0 Å². The molecule has 0 spiro atoms. The van der Waals surface area contributed by atoms with Gasteiger partial charge in [-0.15, -0.1) is 17.6 Å². The van der Waals surface area contributed by atoms with E-state index in [4.69, 9.17) is 10.2 Å². The highest BCUT2D eigenvalue weighted by Crippen LogP contribution is 2.29. The van der Waals surface area contributed by atoms with Crippen LogP contribution in [0.25, 0.3) is 0 Å². The maximum atomic E-state index is 12.3. The average Bonchev–Trinajstić information content (AvgIpc) is 2.14. The van der Waals surface area contributed by atoms with Gasteiger partial charge in [-0.2, -0.15) is 0 Å². The molecule has 8 nitrogen and oxygen atoms in total. The Morgan fingerprint density at radius 1 is 0.875 bits per heavy atom. The van der Waals surface area contributed by atoms with Gasteiger partial charge in [0.05, 0.1) is 9.85 Å². The predicted octanol–water partition coefficient (Wildman–Crippen LogP) is -0.553. The van der Waals surface area contributed by atoms with Crippen LogP contribution in [-0.4, -0.2) is 44.4 Å². The molecule has 2 N–H and O–H groups in total. The molecular weight excluding hydrogens is 248 g/mol. The van der Waals surface area contributed by atoms with E-state index >= 15 is 0 Å². The Labute approximate surface area is 83.4 Å². The van der Waals surface area contributed by atoms with Gasteiger partial charge in [-0.3, -0.25) is 20.2 Å². The number of rotatable bonds is 5. The summed E-state index contributed by atoms with van der Waals surface area (Å²) in [5, 5.41) is 36.0. The number of aliphatic hydroxyl groups is 2. The Morgan fingerprint density at radius 2 is 1.06 bits per heavy atom. The third kappa shape index (κ3) is 2.33. The Bertz CT molecular complexity index is 279. The van der Waals surface area contributed by atoms with Gasteiger partial charge >= 0.3 is 12.1 Å². The van der Waals surface area contributed by atoms with Crippen LogP contribution in [0.3, 0.4) is 0 Å². The zero-order valence-electron chi connectivity index (χ0n) is 7.09. The molecular formula is C4H4F4N2O6. The molecule has 0 saturated carbocycles. The standard InChI is InChI=1S/C4H4F4N2O6/c5-3(6,9(13)14)1(11)2(12)4(7,8)10(15)16/h1-2,11-12H. The average molecular weight is 252 g/mol. The van der Waals surface area contributed by atoms with Crippen LogP contribution in [0.5, 0.6) is 0 Å². The third-order valence-corrected chi connectivity index (χ3v) is 1.50. The Balaban J connectivity index is 5.08. The SMILES string of the molecule is O=[N+]([O-])C(F)(F)C(O)C(O)C(F)(F)[N+](=O)[O-]. The third-order valence-electron chi connectivity index (χ3n) is 1.50. The van der Waals surface area contributed by atoms with Crippen LogP contribution in [0.15, 0.2) is 0 Å². The molecule has 16 heavy (non-hydrogen) atoms. The van der Waals surface area contributed by atoms with Gasteiger partial charge in [0, 0.05) is 0 Å². The second-order valence-electron chi connectivity index (χ2n) is 2.58. The highest BCUT2D eigenvalue weighted by Gasteiger charge is 2.67. The van der Waals surface area contributed by atoms with E-state index in [0.29, 0.717) is 0 Å². The van der Waals surface area contributed by atoms with Gasteiger partial charge in [-0.1, -0.05) is 0 Å². The fourth-order valence-corrected chi connectivity index (χ4v) is 0.596. The number of hydrogen-bond acceptors (Lipinski definition) is 6. The fraction of sp³-hybridized carbons (Fsp3) is 1.00. The minimum Gasteiger partial charge on any atom is -0.378 e. The van der Waals surface area contributed by atoms with Gasteiger partial charge in [-0.25, -0.2) is 0 Å². The number of aliphatic hydroxyl groups excluding tert-OH is 2. The lowest BCUT2D eigenvalue weighted by atomic mass is 10.1. The summed E-state index contributed by atoms with van der Waals surface area (Å²) in [5.74, 6) is 0. The number of nitro groups is 2. The lowest BCUT2D eigenvalue weighted by Crippen LogP contribution is -2.56. The molecule has 0 amide bonds. The Morgan fingerprint density at radius 3 is 1.19 bits per heavy atom. The van der Waals surface area contributed by atoms with Gasteiger partial charge in [0.25, 0.3) is 0 Å². The topological polar surface area (TPSA) is 127 Å². The molecule has 0 aromatic rings. The Hall–Kier alpha value is -1.56. The van der Waals surface area contributed by atoms with Crippen molar-refractivity contribution in [2.24, 2.45) is 0 Å². The van der Waals surface area contributed by atoms with Gasteiger partial charge in [0.2, 0.25) is 12.2 Å². The molecule has 2 unspecified atom stereocenters. The molecule has 0 aliphatic carbocycles. The number of halogens is 4. The molecule has 0 fully saturated rings. The molecule has 0 aliphatic heterocycles. The van der Waals surface area contributed by atoms with Crippen molar-refractivity contribution in [3.8, 4) is 0 Å². The molecule has 0 saturated heterocycles. The molecule has 94 valence electrons. The first-order chi connectivity index (χ1) is 6.95. The maximum Gasteiger partial charge on any atom is 0.540 e. The normalized spacial score (nSPS) is 16.6. The smallest absolute Gasteiger partial charge is 0.378 e. The van der Waals surface area contributed by atoms with Crippen LogP contribution in [0.2, 0.25) is 0 Å². The zero-order valence-corrected chi connectivity index (χ0v) is 7.09. The van der Waals surface area contributed by atoms with Gasteiger partial charge < -0.3 is 10.2 Å². The van der Waals surface area contributed by atoms with E-state index < -0.39 is 34.1 Å².